The highest BCUT2D eigenvalue weighted by Gasteiger charge is 2.51. The number of aliphatic hydroxyl groups is 1. The molecule has 3 aliphatic heterocycles. The normalized spacial score (nSPS) is 24.6. The van der Waals surface area contributed by atoms with E-state index in [0.717, 1.165) is 41.6 Å². The van der Waals surface area contributed by atoms with Crippen molar-refractivity contribution in [2.45, 2.75) is 70.4 Å². The molecule has 1 atom stereocenters. The summed E-state index contributed by atoms with van der Waals surface area (Å²) in [5, 5.41) is 10.6. The van der Waals surface area contributed by atoms with Crippen LogP contribution in [-0.2, 0) is 22.6 Å². The molecule has 7 nitrogen and oxygen atoms in total. The topological polar surface area (TPSA) is 73.3 Å². The van der Waals surface area contributed by atoms with Crippen LogP contribution >= 0.6 is 0 Å². The number of aliphatic hydroxyl groups excluding tert-OH is 1. The SMILES string of the molecule is CC1(C)C(=O)N(CC2CCOCC2)C(=O)N1Cc1ccc(-c2ccc3c(c2)CN(C2CC2)C3O)cc1. The number of benzene rings is 2. The zero-order valence-corrected chi connectivity index (χ0v) is 21.2. The number of imide groups is 1. The molecule has 36 heavy (non-hydrogen) atoms. The molecule has 3 fully saturated rings. The van der Waals surface area contributed by atoms with E-state index in [9.17, 15) is 14.7 Å². The van der Waals surface area contributed by atoms with Crippen molar-refractivity contribution in [2.75, 3.05) is 19.8 Å². The van der Waals surface area contributed by atoms with Gasteiger partial charge in [0.25, 0.3) is 5.91 Å². The predicted molar refractivity (Wildman–Crippen MR) is 136 cm³/mol. The highest BCUT2D eigenvalue weighted by Crippen LogP contribution is 2.41. The molecular formula is C29H35N3O4. The van der Waals surface area contributed by atoms with Crippen LogP contribution in [0.2, 0.25) is 0 Å². The summed E-state index contributed by atoms with van der Waals surface area (Å²) in [5.41, 5.74) is 4.58. The number of ether oxygens (including phenoxy) is 1. The molecule has 1 N–H and O–H groups in total. The lowest BCUT2D eigenvalue weighted by molar-refractivity contribution is -0.132. The van der Waals surface area contributed by atoms with E-state index in [1.165, 1.54) is 23.3 Å². The van der Waals surface area contributed by atoms with Gasteiger partial charge in [-0.05, 0) is 79.3 Å². The Morgan fingerprint density at radius 3 is 2.36 bits per heavy atom. The summed E-state index contributed by atoms with van der Waals surface area (Å²) < 4.78 is 5.43. The molecule has 0 aromatic heterocycles. The van der Waals surface area contributed by atoms with Crippen molar-refractivity contribution in [3.63, 3.8) is 0 Å². The second-order valence-corrected chi connectivity index (χ2v) is 11.3. The largest absolute Gasteiger partial charge is 0.381 e. The average Bonchev–Trinajstić information content (AvgIpc) is 3.66. The average molecular weight is 490 g/mol. The Balaban J connectivity index is 1.15. The van der Waals surface area contributed by atoms with Gasteiger partial charge in [-0.2, -0.15) is 0 Å². The number of rotatable bonds is 6. The fraction of sp³-hybridized carbons (Fsp3) is 0.517. The summed E-state index contributed by atoms with van der Waals surface area (Å²) in [7, 11) is 0. The van der Waals surface area contributed by atoms with Crippen molar-refractivity contribution in [1.82, 2.24) is 14.7 Å². The van der Waals surface area contributed by atoms with E-state index < -0.39 is 11.8 Å². The Hall–Kier alpha value is -2.74. The molecule has 1 saturated carbocycles. The molecule has 2 saturated heterocycles. The molecule has 0 radical (unpaired) electrons. The van der Waals surface area contributed by atoms with E-state index in [1.807, 2.05) is 26.0 Å². The summed E-state index contributed by atoms with van der Waals surface area (Å²) in [4.78, 5) is 31.8. The van der Waals surface area contributed by atoms with Crippen LogP contribution in [0.5, 0.6) is 0 Å². The van der Waals surface area contributed by atoms with Gasteiger partial charge < -0.3 is 14.7 Å². The number of hydrogen-bond donors (Lipinski definition) is 1. The number of carbonyl (C=O) groups is 2. The zero-order chi connectivity index (χ0) is 25.0. The van der Waals surface area contributed by atoms with Gasteiger partial charge in [-0.3, -0.25) is 14.6 Å². The van der Waals surface area contributed by atoms with Crippen LogP contribution in [0.3, 0.4) is 0 Å². The van der Waals surface area contributed by atoms with Gasteiger partial charge in [-0.15, -0.1) is 0 Å². The Morgan fingerprint density at radius 2 is 1.67 bits per heavy atom. The summed E-state index contributed by atoms with van der Waals surface area (Å²) in [6.07, 6.45) is 3.64. The lowest BCUT2D eigenvalue weighted by Crippen LogP contribution is -2.43. The molecule has 7 heteroatoms. The number of amides is 3. The maximum Gasteiger partial charge on any atom is 0.327 e. The number of hydrogen-bond acceptors (Lipinski definition) is 5. The van der Waals surface area contributed by atoms with Gasteiger partial charge >= 0.3 is 6.03 Å². The van der Waals surface area contributed by atoms with Crippen LogP contribution in [0.1, 0.15) is 62.4 Å². The van der Waals surface area contributed by atoms with Crippen molar-refractivity contribution < 1.29 is 19.4 Å². The van der Waals surface area contributed by atoms with Gasteiger partial charge in [-0.25, -0.2) is 4.79 Å². The second kappa shape index (κ2) is 8.98. The minimum Gasteiger partial charge on any atom is -0.381 e. The van der Waals surface area contributed by atoms with Crippen LogP contribution in [0, 0.1) is 5.92 Å². The highest BCUT2D eigenvalue weighted by atomic mass is 16.5. The van der Waals surface area contributed by atoms with Gasteiger partial charge in [0.1, 0.15) is 11.8 Å². The van der Waals surface area contributed by atoms with Crippen LogP contribution in [0.4, 0.5) is 4.79 Å². The van der Waals surface area contributed by atoms with Crippen molar-refractivity contribution in [3.05, 3.63) is 59.2 Å². The van der Waals surface area contributed by atoms with Gasteiger partial charge in [0.05, 0.1) is 0 Å². The molecule has 2 aromatic rings. The fourth-order valence-electron chi connectivity index (χ4n) is 5.89. The minimum atomic E-state index is -0.866. The van der Waals surface area contributed by atoms with E-state index in [1.54, 1.807) is 4.90 Å². The first-order chi connectivity index (χ1) is 17.3. The molecule has 3 amide bonds. The van der Waals surface area contributed by atoms with Crippen LogP contribution in [0.25, 0.3) is 11.1 Å². The second-order valence-electron chi connectivity index (χ2n) is 11.3. The molecule has 4 aliphatic rings. The highest BCUT2D eigenvalue weighted by molar-refractivity contribution is 6.06. The predicted octanol–water partition coefficient (Wildman–Crippen LogP) is 4.29. The monoisotopic (exact) mass is 489 g/mol. The molecule has 1 unspecified atom stereocenters. The quantitative estimate of drug-likeness (QED) is 0.613. The van der Waals surface area contributed by atoms with Crippen LogP contribution < -0.4 is 0 Å². The lowest BCUT2D eigenvalue weighted by atomic mass is 9.98. The maximum absolute atomic E-state index is 13.3. The van der Waals surface area contributed by atoms with Gasteiger partial charge in [-0.1, -0.05) is 36.4 Å². The lowest BCUT2D eigenvalue weighted by Gasteiger charge is -2.27. The van der Waals surface area contributed by atoms with Crippen LogP contribution in [0.15, 0.2) is 42.5 Å². The first-order valence-electron chi connectivity index (χ1n) is 13.2. The van der Waals surface area contributed by atoms with E-state index in [-0.39, 0.29) is 11.9 Å². The molecule has 1 aliphatic carbocycles. The molecular weight excluding hydrogens is 454 g/mol. The van der Waals surface area contributed by atoms with E-state index in [0.29, 0.717) is 38.3 Å². The first-order valence-corrected chi connectivity index (χ1v) is 13.2. The Bertz CT molecular complexity index is 1170. The molecule has 190 valence electrons. The zero-order valence-electron chi connectivity index (χ0n) is 21.2. The smallest absolute Gasteiger partial charge is 0.327 e. The number of carbonyl (C=O) groups excluding carboxylic acids is 2. The minimum absolute atomic E-state index is 0.115. The Morgan fingerprint density at radius 1 is 0.972 bits per heavy atom. The summed E-state index contributed by atoms with van der Waals surface area (Å²) >= 11 is 0. The van der Waals surface area contributed by atoms with Gasteiger partial charge in [0.15, 0.2) is 0 Å². The standard InChI is InChI=1S/C29H35N3O4/c1-29(2)27(34)31(16-20-11-13-36-14-12-20)28(35)32(29)17-19-3-5-21(6-4-19)22-7-10-25-23(15-22)18-30(26(25)33)24-8-9-24/h3-7,10,15,20,24,26,33H,8-9,11-14,16-18H2,1-2H3. The molecule has 0 spiro atoms. The maximum atomic E-state index is 13.3. The summed E-state index contributed by atoms with van der Waals surface area (Å²) in [6, 6.07) is 14.9. The number of fused-ring (bicyclic) bond motifs is 1. The van der Waals surface area contributed by atoms with E-state index in [4.69, 9.17) is 4.74 Å². The van der Waals surface area contributed by atoms with Crippen molar-refractivity contribution >= 4 is 11.9 Å². The molecule has 6 rings (SSSR count). The fourth-order valence-corrected chi connectivity index (χ4v) is 5.89. The summed E-state index contributed by atoms with van der Waals surface area (Å²) in [6.45, 7) is 6.76. The van der Waals surface area contributed by atoms with Crippen molar-refractivity contribution in [2.24, 2.45) is 5.92 Å². The Kier molecular flexibility index (Phi) is 5.90. The van der Waals surface area contributed by atoms with E-state index >= 15 is 0 Å². The third-order valence-corrected chi connectivity index (χ3v) is 8.42. The molecule has 2 aromatic carbocycles. The summed E-state index contributed by atoms with van der Waals surface area (Å²) in [5.74, 6) is 0.197. The van der Waals surface area contributed by atoms with E-state index in [2.05, 4.69) is 35.2 Å². The van der Waals surface area contributed by atoms with Crippen molar-refractivity contribution in [1.29, 1.82) is 0 Å². The number of urea groups is 1. The first kappa shape index (κ1) is 23.6. The Labute approximate surface area is 212 Å². The van der Waals surface area contributed by atoms with Crippen molar-refractivity contribution in [3.8, 4) is 11.1 Å². The van der Waals surface area contributed by atoms with Crippen LogP contribution in [-0.4, -0.2) is 63.1 Å². The molecule has 0 bridgehead atoms. The van der Waals surface area contributed by atoms with Gasteiger partial charge in [0.2, 0.25) is 0 Å². The third-order valence-electron chi connectivity index (χ3n) is 8.42. The number of nitrogens with zero attached hydrogens (tertiary/aromatic N) is 3. The third kappa shape index (κ3) is 4.13. The van der Waals surface area contributed by atoms with Gasteiger partial charge in [0, 0.05) is 38.9 Å². The molecule has 3 heterocycles.